The van der Waals surface area contributed by atoms with Crippen LogP contribution in [0, 0.1) is 0 Å². The van der Waals surface area contributed by atoms with Crippen LogP contribution in [0.15, 0.2) is 53.7 Å². The van der Waals surface area contributed by atoms with E-state index in [0.29, 0.717) is 32.8 Å². The number of hydrogen-bond donors (Lipinski definition) is 1. The van der Waals surface area contributed by atoms with Gasteiger partial charge in [-0.15, -0.1) is 11.3 Å². The number of benzene rings is 1. The molecular formula is C24H27N3O4S2. The number of aryl methyl sites for hydroxylation is 1. The highest BCUT2D eigenvalue weighted by Crippen LogP contribution is 2.37. The molecule has 3 heterocycles. The fraction of sp³-hybridized carbons (Fsp3) is 0.375. The van der Waals surface area contributed by atoms with Gasteiger partial charge in [0.2, 0.25) is 10.0 Å². The predicted octanol–water partition coefficient (Wildman–Crippen LogP) is 3.37. The number of sulfonamides is 1. The Labute approximate surface area is 198 Å². The van der Waals surface area contributed by atoms with Gasteiger partial charge in [0.1, 0.15) is 5.00 Å². The molecule has 7 nitrogen and oxygen atoms in total. The van der Waals surface area contributed by atoms with Crippen molar-refractivity contribution in [2.24, 2.45) is 0 Å². The Hall–Kier alpha value is -2.46. The molecule has 0 bridgehead atoms. The van der Waals surface area contributed by atoms with Crippen LogP contribution in [0.4, 0.5) is 0 Å². The fourth-order valence-corrected chi connectivity index (χ4v) is 7.18. The Morgan fingerprint density at radius 1 is 1.03 bits per heavy atom. The first-order valence-corrected chi connectivity index (χ1v) is 13.5. The second-order valence-corrected chi connectivity index (χ2v) is 11.3. The minimum atomic E-state index is -3.52. The molecule has 0 saturated carbocycles. The Balaban J connectivity index is 1.31. The lowest BCUT2D eigenvalue weighted by Crippen LogP contribution is -2.40. The van der Waals surface area contributed by atoms with Crippen LogP contribution in [-0.4, -0.2) is 49.5 Å². The van der Waals surface area contributed by atoms with Gasteiger partial charge in [0.05, 0.1) is 23.7 Å². The highest BCUT2D eigenvalue weighted by Gasteiger charge is 2.27. The first kappa shape index (κ1) is 22.3. The lowest BCUT2D eigenvalue weighted by atomic mass is 9.95. The molecule has 33 heavy (non-hydrogen) atoms. The second kappa shape index (κ2) is 9.42. The quantitative estimate of drug-likeness (QED) is 0.581. The molecule has 1 aromatic carbocycles. The van der Waals surface area contributed by atoms with E-state index in [1.807, 2.05) is 29.1 Å². The molecule has 174 valence electrons. The zero-order chi connectivity index (χ0) is 22.8. The summed E-state index contributed by atoms with van der Waals surface area (Å²) in [6.45, 7) is 1.91. The van der Waals surface area contributed by atoms with Gasteiger partial charge in [0, 0.05) is 36.9 Å². The Morgan fingerprint density at radius 2 is 1.73 bits per heavy atom. The molecule has 3 aromatic rings. The first-order chi connectivity index (χ1) is 16.0. The van der Waals surface area contributed by atoms with Gasteiger partial charge < -0.3 is 14.6 Å². The van der Waals surface area contributed by atoms with Crippen molar-refractivity contribution in [1.82, 2.24) is 14.2 Å². The van der Waals surface area contributed by atoms with Gasteiger partial charge in [-0.05, 0) is 61.1 Å². The van der Waals surface area contributed by atoms with Crippen molar-refractivity contribution in [3.63, 3.8) is 0 Å². The number of carbonyl (C=O) groups excluding carboxylic acids is 1. The second-order valence-electron chi connectivity index (χ2n) is 8.32. The summed E-state index contributed by atoms with van der Waals surface area (Å²) in [4.78, 5) is 14.8. The maximum absolute atomic E-state index is 13.3. The van der Waals surface area contributed by atoms with E-state index in [1.54, 1.807) is 35.6 Å². The number of thiophene rings is 1. The number of morpholine rings is 1. The normalized spacial score (nSPS) is 17.0. The van der Waals surface area contributed by atoms with Gasteiger partial charge in [-0.1, -0.05) is 12.1 Å². The maximum Gasteiger partial charge on any atom is 0.254 e. The number of fused-ring (bicyclic) bond motifs is 1. The van der Waals surface area contributed by atoms with Crippen molar-refractivity contribution in [1.29, 1.82) is 0 Å². The lowest BCUT2D eigenvalue weighted by Gasteiger charge is -2.26. The fourth-order valence-electron chi connectivity index (χ4n) is 4.42. The van der Waals surface area contributed by atoms with Gasteiger partial charge in [0.15, 0.2) is 0 Å². The SMILES string of the molecule is O=C(NCc1ccc(S(=O)(=O)N2CCOCC2)cc1)c1c(-n2cccc2)sc2c1CCCC2. The smallest absolute Gasteiger partial charge is 0.254 e. The van der Waals surface area contributed by atoms with Gasteiger partial charge in [0.25, 0.3) is 5.91 Å². The lowest BCUT2D eigenvalue weighted by molar-refractivity contribution is 0.0730. The van der Waals surface area contributed by atoms with Crippen molar-refractivity contribution >= 4 is 27.3 Å². The van der Waals surface area contributed by atoms with Crippen LogP contribution in [-0.2, 0) is 34.1 Å². The third kappa shape index (κ3) is 4.50. The number of nitrogens with one attached hydrogen (secondary N) is 1. The van der Waals surface area contributed by atoms with Crippen molar-refractivity contribution < 1.29 is 17.9 Å². The number of aromatic nitrogens is 1. The summed E-state index contributed by atoms with van der Waals surface area (Å²) in [6.07, 6.45) is 8.18. The molecule has 0 radical (unpaired) electrons. The van der Waals surface area contributed by atoms with E-state index < -0.39 is 10.0 Å². The number of rotatable bonds is 6. The largest absolute Gasteiger partial charge is 0.379 e. The molecule has 9 heteroatoms. The van der Waals surface area contributed by atoms with E-state index in [1.165, 1.54) is 21.2 Å². The molecule has 0 atom stereocenters. The van der Waals surface area contributed by atoms with Gasteiger partial charge in [-0.2, -0.15) is 4.31 Å². The van der Waals surface area contributed by atoms with Crippen LogP contribution in [0.1, 0.15) is 39.2 Å². The number of carbonyl (C=O) groups is 1. The molecule has 1 saturated heterocycles. The molecule has 1 amide bonds. The minimum Gasteiger partial charge on any atom is -0.379 e. The summed E-state index contributed by atoms with van der Waals surface area (Å²) < 4.78 is 34.3. The predicted molar refractivity (Wildman–Crippen MR) is 127 cm³/mol. The summed E-state index contributed by atoms with van der Waals surface area (Å²) in [5.74, 6) is -0.0804. The van der Waals surface area contributed by atoms with Crippen LogP contribution >= 0.6 is 11.3 Å². The third-order valence-electron chi connectivity index (χ3n) is 6.20. The summed E-state index contributed by atoms with van der Waals surface area (Å²) in [7, 11) is -3.52. The Bertz CT molecular complexity index is 1230. The van der Waals surface area contributed by atoms with Crippen LogP contribution in [0.3, 0.4) is 0 Å². The van der Waals surface area contributed by atoms with Crippen molar-refractivity contribution in [2.75, 3.05) is 26.3 Å². The van der Waals surface area contributed by atoms with Crippen molar-refractivity contribution in [2.45, 2.75) is 37.1 Å². The van der Waals surface area contributed by atoms with E-state index in [9.17, 15) is 13.2 Å². The number of hydrogen-bond acceptors (Lipinski definition) is 5. The highest BCUT2D eigenvalue weighted by molar-refractivity contribution is 7.89. The summed E-state index contributed by atoms with van der Waals surface area (Å²) in [5.41, 5.74) is 2.81. The number of ether oxygens (including phenoxy) is 1. The zero-order valence-corrected chi connectivity index (χ0v) is 20.0. The molecule has 2 aliphatic rings. The Kier molecular flexibility index (Phi) is 6.38. The van der Waals surface area contributed by atoms with Crippen molar-refractivity contribution in [3.8, 4) is 5.00 Å². The van der Waals surface area contributed by atoms with Gasteiger partial charge >= 0.3 is 0 Å². The van der Waals surface area contributed by atoms with Crippen LogP contribution < -0.4 is 5.32 Å². The summed E-state index contributed by atoms with van der Waals surface area (Å²) in [6, 6.07) is 10.7. The molecule has 5 rings (SSSR count). The van der Waals surface area contributed by atoms with Crippen LogP contribution in [0.2, 0.25) is 0 Å². The van der Waals surface area contributed by atoms with E-state index in [-0.39, 0.29) is 10.8 Å². The van der Waals surface area contributed by atoms with Crippen molar-refractivity contribution in [3.05, 3.63) is 70.4 Å². The molecule has 2 aromatic heterocycles. The molecule has 0 spiro atoms. The van der Waals surface area contributed by atoms with Crippen LogP contribution in [0.25, 0.3) is 5.00 Å². The molecule has 1 aliphatic heterocycles. The van der Waals surface area contributed by atoms with E-state index in [2.05, 4.69) is 5.32 Å². The van der Waals surface area contributed by atoms with E-state index in [0.717, 1.165) is 35.4 Å². The third-order valence-corrected chi connectivity index (χ3v) is 9.42. The summed E-state index contributed by atoms with van der Waals surface area (Å²) >= 11 is 1.71. The van der Waals surface area contributed by atoms with Gasteiger partial charge in [-0.3, -0.25) is 4.79 Å². The average molecular weight is 486 g/mol. The standard InChI is InChI=1S/C24H27N3O4S2/c28-23(22-20-5-1-2-6-21(20)32-24(22)26-11-3-4-12-26)25-17-18-7-9-19(10-8-18)33(29,30)27-13-15-31-16-14-27/h3-4,7-12H,1-2,5-6,13-17H2,(H,25,28). The number of amides is 1. The van der Waals surface area contributed by atoms with Gasteiger partial charge in [-0.25, -0.2) is 8.42 Å². The minimum absolute atomic E-state index is 0.0804. The molecule has 1 N–H and O–H groups in total. The van der Waals surface area contributed by atoms with E-state index >= 15 is 0 Å². The monoisotopic (exact) mass is 485 g/mol. The van der Waals surface area contributed by atoms with E-state index in [4.69, 9.17) is 4.74 Å². The van der Waals surface area contributed by atoms with Crippen LogP contribution in [0.5, 0.6) is 0 Å². The summed E-state index contributed by atoms with van der Waals surface area (Å²) in [5, 5.41) is 4.02. The zero-order valence-electron chi connectivity index (χ0n) is 18.3. The molecule has 1 aliphatic carbocycles. The Morgan fingerprint density at radius 3 is 2.45 bits per heavy atom. The first-order valence-electron chi connectivity index (χ1n) is 11.3. The average Bonchev–Trinajstić information content (AvgIpc) is 3.51. The highest BCUT2D eigenvalue weighted by atomic mass is 32.2. The maximum atomic E-state index is 13.3. The topological polar surface area (TPSA) is 80.6 Å². The number of nitrogens with zero attached hydrogens (tertiary/aromatic N) is 2. The molecular weight excluding hydrogens is 458 g/mol. The molecule has 1 fully saturated rings. The molecule has 0 unspecified atom stereocenters.